The van der Waals surface area contributed by atoms with E-state index in [-0.39, 0.29) is 6.54 Å². The van der Waals surface area contributed by atoms with E-state index in [2.05, 4.69) is 10.1 Å². The van der Waals surface area contributed by atoms with Crippen molar-refractivity contribution in [2.45, 2.75) is 13.2 Å². The smallest absolute Gasteiger partial charge is 0.240 e. The first-order valence-corrected chi connectivity index (χ1v) is 5.42. The predicted molar refractivity (Wildman–Crippen MR) is 63.3 cm³/mol. The molecule has 90 valence electrons. The summed E-state index contributed by atoms with van der Waals surface area (Å²) >= 11 is 6.11. The van der Waals surface area contributed by atoms with E-state index in [1.54, 1.807) is 13.2 Å². The van der Waals surface area contributed by atoms with E-state index in [1.807, 2.05) is 12.1 Å². The second-order valence-corrected chi connectivity index (χ2v) is 3.86. The maximum absolute atomic E-state index is 6.11. The van der Waals surface area contributed by atoms with E-state index < -0.39 is 0 Å². The van der Waals surface area contributed by atoms with Gasteiger partial charge in [-0.05, 0) is 11.6 Å². The van der Waals surface area contributed by atoms with Gasteiger partial charge in [-0.25, -0.2) is 0 Å². The molecule has 17 heavy (non-hydrogen) atoms. The maximum Gasteiger partial charge on any atom is 0.240 e. The number of nitrogens with zero attached hydrogens (tertiary/aromatic N) is 2. The molecule has 0 saturated carbocycles. The number of benzene rings is 1. The lowest BCUT2D eigenvalue weighted by molar-refractivity contribution is 0.185. The zero-order valence-corrected chi connectivity index (χ0v) is 10.1. The van der Waals surface area contributed by atoms with Crippen LogP contribution in [0.2, 0.25) is 5.02 Å². The highest BCUT2D eigenvalue weighted by Crippen LogP contribution is 2.24. The lowest BCUT2D eigenvalue weighted by atomic mass is 10.1. The van der Waals surface area contributed by atoms with Gasteiger partial charge in [-0.3, -0.25) is 0 Å². The molecule has 5 nitrogen and oxygen atoms in total. The number of aromatic nitrogens is 2. The molecule has 2 rings (SSSR count). The van der Waals surface area contributed by atoms with Gasteiger partial charge < -0.3 is 15.0 Å². The summed E-state index contributed by atoms with van der Waals surface area (Å²) in [5, 5.41) is 4.43. The minimum Gasteiger partial charge on any atom is -0.380 e. The van der Waals surface area contributed by atoms with Crippen molar-refractivity contribution >= 4 is 11.6 Å². The van der Waals surface area contributed by atoms with Crippen molar-refractivity contribution in [3.05, 3.63) is 34.7 Å². The molecule has 1 aromatic carbocycles. The summed E-state index contributed by atoms with van der Waals surface area (Å²) < 4.78 is 9.96. The first-order chi connectivity index (χ1) is 8.24. The first kappa shape index (κ1) is 12.0. The molecule has 0 aliphatic heterocycles. The van der Waals surface area contributed by atoms with Crippen LogP contribution in [0.25, 0.3) is 11.4 Å². The fourth-order valence-corrected chi connectivity index (χ4v) is 1.65. The summed E-state index contributed by atoms with van der Waals surface area (Å²) in [6, 6.07) is 5.52. The van der Waals surface area contributed by atoms with Crippen LogP contribution in [0, 0.1) is 0 Å². The van der Waals surface area contributed by atoms with Crippen molar-refractivity contribution in [2.24, 2.45) is 5.73 Å². The van der Waals surface area contributed by atoms with Gasteiger partial charge in [0.25, 0.3) is 0 Å². The molecule has 2 aromatic rings. The van der Waals surface area contributed by atoms with Crippen molar-refractivity contribution in [1.82, 2.24) is 10.1 Å². The Morgan fingerprint density at radius 3 is 2.88 bits per heavy atom. The minimum absolute atomic E-state index is 0.225. The number of hydrogen-bond acceptors (Lipinski definition) is 5. The second-order valence-electron chi connectivity index (χ2n) is 3.46. The molecule has 6 heteroatoms. The Morgan fingerprint density at radius 1 is 1.47 bits per heavy atom. The van der Waals surface area contributed by atoms with Gasteiger partial charge in [-0.1, -0.05) is 28.9 Å². The van der Waals surface area contributed by atoms with Crippen LogP contribution in [0.15, 0.2) is 22.7 Å². The Morgan fingerprint density at radius 2 is 2.29 bits per heavy atom. The van der Waals surface area contributed by atoms with E-state index in [0.717, 1.165) is 11.1 Å². The molecule has 0 fully saturated rings. The SMILES string of the molecule is COCc1ccc(-c2noc(CN)n2)cc1Cl. The minimum atomic E-state index is 0.225. The zero-order valence-electron chi connectivity index (χ0n) is 9.31. The van der Waals surface area contributed by atoms with Crippen LogP contribution in [-0.4, -0.2) is 17.3 Å². The van der Waals surface area contributed by atoms with Gasteiger partial charge in [-0.15, -0.1) is 0 Å². The third-order valence-electron chi connectivity index (χ3n) is 2.25. The quantitative estimate of drug-likeness (QED) is 0.902. The van der Waals surface area contributed by atoms with E-state index in [9.17, 15) is 0 Å². The van der Waals surface area contributed by atoms with Gasteiger partial charge >= 0.3 is 0 Å². The Hall–Kier alpha value is -1.43. The summed E-state index contributed by atoms with van der Waals surface area (Å²) in [6.45, 7) is 0.696. The van der Waals surface area contributed by atoms with Gasteiger partial charge in [0, 0.05) is 17.7 Å². The number of nitrogens with two attached hydrogens (primary N) is 1. The molecule has 0 aliphatic rings. The standard InChI is InChI=1S/C11H12ClN3O2/c1-16-6-8-3-2-7(4-9(8)12)11-14-10(5-13)17-15-11/h2-4H,5-6,13H2,1H3. The van der Waals surface area contributed by atoms with Crippen molar-refractivity contribution < 1.29 is 9.26 Å². The molecular formula is C11H12ClN3O2. The highest BCUT2D eigenvalue weighted by molar-refractivity contribution is 6.31. The van der Waals surface area contributed by atoms with E-state index >= 15 is 0 Å². The summed E-state index contributed by atoms with van der Waals surface area (Å²) in [5.74, 6) is 0.883. The topological polar surface area (TPSA) is 74.2 Å². The highest BCUT2D eigenvalue weighted by Gasteiger charge is 2.09. The molecule has 0 amide bonds. The number of ether oxygens (including phenoxy) is 1. The third kappa shape index (κ3) is 2.63. The van der Waals surface area contributed by atoms with Crippen LogP contribution >= 0.6 is 11.6 Å². The molecule has 2 N–H and O–H groups in total. The number of halogens is 1. The molecule has 0 aliphatic carbocycles. The van der Waals surface area contributed by atoms with Crippen LogP contribution in [0.1, 0.15) is 11.5 Å². The summed E-state index contributed by atoms with van der Waals surface area (Å²) in [4.78, 5) is 4.12. The number of hydrogen-bond donors (Lipinski definition) is 1. The lowest BCUT2D eigenvalue weighted by Crippen LogP contribution is -1.95. The number of rotatable bonds is 4. The van der Waals surface area contributed by atoms with Crippen LogP contribution in [0.3, 0.4) is 0 Å². The average molecular weight is 254 g/mol. The van der Waals surface area contributed by atoms with Gasteiger partial charge in [0.05, 0.1) is 13.2 Å². The van der Waals surface area contributed by atoms with Gasteiger partial charge in [-0.2, -0.15) is 4.98 Å². The van der Waals surface area contributed by atoms with Gasteiger partial charge in [0.2, 0.25) is 11.7 Å². The second kappa shape index (κ2) is 5.27. The van der Waals surface area contributed by atoms with Gasteiger partial charge in [0.1, 0.15) is 0 Å². The molecule has 0 saturated heterocycles. The molecular weight excluding hydrogens is 242 g/mol. The predicted octanol–water partition coefficient (Wildman–Crippen LogP) is 2.00. The Bertz CT molecular complexity index is 513. The Kier molecular flexibility index (Phi) is 3.73. The van der Waals surface area contributed by atoms with Gasteiger partial charge in [0.15, 0.2) is 0 Å². The largest absolute Gasteiger partial charge is 0.380 e. The number of methoxy groups -OCH3 is 1. The van der Waals surface area contributed by atoms with Crippen molar-refractivity contribution in [2.75, 3.05) is 7.11 Å². The van der Waals surface area contributed by atoms with Crippen LogP contribution in [0.5, 0.6) is 0 Å². The van der Waals surface area contributed by atoms with Crippen LogP contribution in [-0.2, 0) is 17.9 Å². The Labute approximate surface area is 104 Å². The first-order valence-electron chi connectivity index (χ1n) is 5.05. The normalized spacial score (nSPS) is 10.8. The summed E-state index contributed by atoms with van der Waals surface area (Å²) in [5.41, 5.74) is 7.10. The molecule has 0 radical (unpaired) electrons. The summed E-state index contributed by atoms with van der Waals surface area (Å²) in [7, 11) is 1.62. The molecule has 1 heterocycles. The Balaban J connectivity index is 2.30. The average Bonchev–Trinajstić information content (AvgIpc) is 2.80. The van der Waals surface area contributed by atoms with E-state index in [1.165, 1.54) is 0 Å². The summed E-state index contributed by atoms with van der Waals surface area (Å²) in [6.07, 6.45) is 0. The van der Waals surface area contributed by atoms with E-state index in [0.29, 0.717) is 23.3 Å². The maximum atomic E-state index is 6.11. The fraction of sp³-hybridized carbons (Fsp3) is 0.273. The fourth-order valence-electron chi connectivity index (χ4n) is 1.41. The van der Waals surface area contributed by atoms with Crippen LogP contribution < -0.4 is 5.73 Å². The van der Waals surface area contributed by atoms with Crippen molar-refractivity contribution in [1.29, 1.82) is 0 Å². The van der Waals surface area contributed by atoms with Crippen molar-refractivity contribution in [3.8, 4) is 11.4 Å². The molecule has 0 bridgehead atoms. The van der Waals surface area contributed by atoms with Crippen LogP contribution in [0.4, 0.5) is 0 Å². The molecule has 0 spiro atoms. The van der Waals surface area contributed by atoms with Crippen molar-refractivity contribution in [3.63, 3.8) is 0 Å². The monoisotopic (exact) mass is 253 g/mol. The molecule has 1 aromatic heterocycles. The molecule has 0 unspecified atom stereocenters. The highest BCUT2D eigenvalue weighted by atomic mass is 35.5. The zero-order chi connectivity index (χ0) is 12.3. The molecule has 0 atom stereocenters. The third-order valence-corrected chi connectivity index (χ3v) is 2.61. The van der Waals surface area contributed by atoms with E-state index in [4.69, 9.17) is 26.6 Å². The lowest BCUT2D eigenvalue weighted by Gasteiger charge is -2.03.